The maximum atomic E-state index is 13.2. The number of nitrogens with one attached hydrogen (secondary N) is 1. The van der Waals surface area contributed by atoms with Crippen LogP contribution in [0, 0.1) is 19.8 Å². The third-order valence-electron chi connectivity index (χ3n) is 7.39. The van der Waals surface area contributed by atoms with Crippen molar-refractivity contribution in [3.05, 3.63) is 87.0 Å². The number of aryl methyl sites for hydroxylation is 2. The zero-order chi connectivity index (χ0) is 25.9. The first-order valence-electron chi connectivity index (χ1n) is 13.2. The van der Waals surface area contributed by atoms with Crippen LogP contribution in [-0.2, 0) is 24.4 Å². The Balaban J connectivity index is 1.53. The van der Waals surface area contributed by atoms with E-state index in [0.717, 1.165) is 41.7 Å². The number of aromatic amines is 1. The summed E-state index contributed by atoms with van der Waals surface area (Å²) in [5, 5.41) is 13.9. The van der Waals surface area contributed by atoms with E-state index in [1.807, 2.05) is 35.0 Å². The number of H-pyrrole nitrogens is 1. The molecule has 1 N–H and O–H groups in total. The molecule has 5 rings (SSSR count). The second-order valence-electron chi connectivity index (χ2n) is 10.6. The molecule has 0 aliphatic carbocycles. The summed E-state index contributed by atoms with van der Waals surface area (Å²) in [5.41, 5.74) is 5.09. The van der Waals surface area contributed by atoms with Crippen LogP contribution in [-0.4, -0.2) is 42.8 Å². The van der Waals surface area contributed by atoms with Gasteiger partial charge < -0.3 is 9.72 Å². The number of pyridine rings is 1. The van der Waals surface area contributed by atoms with E-state index in [0.29, 0.717) is 19.6 Å². The number of hydrogen-bond acceptors (Lipinski definition) is 6. The van der Waals surface area contributed by atoms with E-state index in [9.17, 15) is 4.79 Å². The summed E-state index contributed by atoms with van der Waals surface area (Å²) in [5.74, 6) is 1.02. The van der Waals surface area contributed by atoms with E-state index < -0.39 is 0 Å². The van der Waals surface area contributed by atoms with Gasteiger partial charge in [0.1, 0.15) is 0 Å². The number of hydrogen-bond donors (Lipinski definition) is 1. The van der Waals surface area contributed by atoms with Gasteiger partial charge in [0, 0.05) is 30.8 Å². The van der Waals surface area contributed by atoms with Crippen molar-refractivity contribution in [2.75, 3.05) is 6.61 Å². The topological polar surface area (TPSA) is 88.9 Å². The lowest BCUT2D eigenvalue weighted by Crippen LogP contribution is -2.36. The first kappa shape index (κ1) is 25.3. The molecule has 1 aliphatic rings. The fraction of sp³-hybridized carbons (Fsp3) is 0.448. The van der Waals surface area contributed by atoms with E-state index in [1.165, 1.54) is 16.7 Å². The van der Waals surface area contributed by atoms with Crippen LogP contribution >= 0.6 is 0 Å². The molecule has 37 heavy (non-hydrogen) atoms. The Bertz CT molecular complexity index is 1410. The maximum absolute atomic E-state index is 13.2. The summed E-state index contributed by atoms with van der Waals surface area (Å²) in [4.78, 5) is 18.7. The average molecular weight is 501 g/mol. The second-order valence-corrected chi connectivity index (χ2v) is 10.6. The molecule has 1 saturated heterocycles. The molecule has 1 fully saturated rings. The van der Waals surface area contributed by atoms with E-state index in [4.69, 9.17) is 4.74 Å². The normalized spacial score (nSPS) is 16.8. The molecule has 2 atom stereocenters. The van der Waals surface area contributed by atoms with Gasteiger partial charge in [0.25, 0.3) is 5.56 Å². The first-order valence-corrected chi connectivity index (χ1v) is 13.2. The Kier molecular flexibility index (Phi) is 7.48. The predicted octanol–water partition coefficient (Wildman–Crippen LogP) is 4.71. The molecule has 4 aromatic rings. The Morgan fingerprint density at radius 2 is 1.89 bits per heavy atom. The Morgan fingerprint density at radius 3 is 2.62 bits per heavy atom. The van der Waals surface area contributed by atoms with Gasteiger partial charge in [-0.2, -0.15) is 0 Å². The van der Waals surface area contributed by atoms with Gasteiger partial charge >= 0.3 is 0 Å². The smallest absolute Gasteiger partial charge is 0.252 e. The SMILES string of the molecule is Cc1cc2cc(CN(Cc3ccccc3)C(c3nnnn3CC3CCCO3)C(C)C)c(=O)[nH]c2cc1C. The Morgan fingerprint density at radius 1 is 1.11 bits per heavy atom. The number of rotatable bonds is 9. The van der Waals surface area contributed by atoms with Crippen molar-refractivity contribution in [3.8, 4) is 0 Å². The molecule has 8 heteroatoms. The molecule has 2 aromatic heterocycles. The van der Waals surface area contributed by atoms with Crippen LogP contribution in [0.3, 0.4) is 0 Å². The van der Waals surface area contributed by atoms with Crippen LogP contribution in [0.5, 0.6) is 0 Å². The van der Waals surface area contributed by atoms with Crippen LogP contribution in [0.15, 0.2) is 53.3 Å². The van der Waals surface area contributed by atoms with Crippen molar-refractivity contribution in [1.82, 2.24) is 30.1 Å². The molecule has 0 amide bonds. The van der Waals surface area contributed by atoms with E-state index in [1.54, 1.807) is 0 Å². The van der Waals surface area contributed by atoms with Crippen LogP contribution < -0.4 is 5.56 Å². The average Bonchev–Trinajstić information content (AvgIpc) is 3.54. The molecule has 2 unspecified atom stereocenters. The van der Waals surface area contributed by atoms with E-state index >= 15 is 0 Å². The van der Waals surface area contributed by atoms with Crippen molar-refractivity contribution >= 4 is 10.9 Å². The number of aromatic nitrogens is 5. The minimum Gasteiger partial charge on any atom is -0.376 e. The van der Waals surface area contributed by atoms with Crippen LogP contribution in [0.25, 0.3) is 10.9 Å². The highest BCUT2D eigenvalue weighted by Gasteiger charge is 2.31. The lowest BCUT2D eigenvalue weighted by molar-refractivity contribution is 0.0851. The number of tetrazole rings is 1. The van der Waals surface area contributed by atoms with Crippen LogP contribution in [0.4, 0.5) is 0 Å². The molecule has 2 aromatic carbocycles. The van der Waals surface area contributed by atoms with Crippen molar-refractivity contribution in [3.63, 3.8) is 0 Å². The standard InChI is InChI=1S/C29H36N6O2/c1-19(2)27(28-31-32-33-35(28)18-25-11-8-12-37-25)34(16-22-9-6-5-7-10-22)17-24-15-23-13-20(3)21(4)14-26(23)30-29(24)36/h5-7,9-10,13-15,19,25,27H,8,11-12,16-18H2,1-4H3,(H,30,36). The Labute approximate surface area is 217 Å². The van der Waals surface area contributed by atoms with Crippen molar-refractivity contribution in [2.45, 2.75) is 72.3 Å². The summed E-state index contributed by atoms with van der Waals surface area (Å²) in [7, 11) is 0. The molecule has 0 spiro atoms. The number of ether oxygens (including phenoxy) is 1. The molecule has 1 aliphatic heterocycles. The lowest BCUT2D eigenvalue weighted by Gasteiger charge is -2.33. The third kappa shape index (κ3) is 5.65. The minimum absolute atomic E-state index is 0.0599. The molecule has 0 saturated carbocycles. The largest absolute Gasteiger partial charge is 0.376 e. The summed E-state index contributed by atoms with van der Waals surface area (Å²) in [6.07, 6.45) is 2.22. The first-order chi connectivity index (χ1) is 17.9. The number of fused-ring (bicyclic) bond motifs is 1. The quantitative estimate of drug-likeness (QED) is 0.358. The van der Waals surface area contributed by atoms with Gasteiger partial charge in [0.05, 0.1) is 18.7 Å². The zero-order valence-electron chi connectivity index (χ0n) is 22.1. The van der Waals surface area contributed by atoms with Gasteiger partial charge in [0.2, 0.25) is 0 Å². The Hall–Kier alpha value is -3.36. The summed E-state index contributed by atoms with van der Waals surface area (Å²) >= 11 is 0. The van der Waals surface area contributed by atoms with Gasteiger partial charge in [-0.05, 0) is 83.3 Å². The molecule has 194 valence electrons. The summed E-state index contributed by atoms with van der Waals surface area (Å²) in [6, 6.07) is 16.5. The highest BCUT2D eigenvalue weighted by Crippen LogP contribution is 2.31. The lowest BCUT2D eigenvalue weighted by atomic mass is 9.99. The molecular weight excluding hydrogens is 464 g/mol. The highest BCUT2D eigenvalue weighted by molar-refractivity contribution is 5.80. The highest BCUT2D eigenvalue weighted by atomic mass is 16.5. The maximum Gasteiger partial charge on any atom is 0.252 e. The fourth-order valence-electron chi connectivity index (χ4n) is 5.35. The van der Waals surface area contributed by atoms with Crippen molar-refractivity contribution in [2.24, 2.45) is 5.92 Å². The van der Waals surface area contributed by atoms with Crippen LogP contribution in [0.1, 0.15) is 60.8 Å². The van der Waals surface area contributed by atoms with Gasteiger partial charge in [-0.1, -0.05) is 44.2 Å². The second kappa shape index (κ2) is 10.9. The van der Waals surface area contributed by atoms with Crippen molar-refractivity contribution in [1.29, 1.82) is 0 Å². The minimum atomic E-state index is -0.0912. The summed E-state index contributed by atoms with van der Waals surface area (Å²) in [6.45, 7) is 11.1. The molecule has 0 radical (unpaired) electrons. The summed E-state index contributed by atoms with van der Waals surface area (Å²) < 4.78 is 7.77. The monoisotopic (exact) mass is 500 g/mol. The van der Waals surface area contributed by atoms with Gasteiger partial charge in [-0.3, -0.25) is 9.69 Å². The zero-order valence-corrected chi connectivity index (χ0v) is 22.1. The van der Waals surface area contributed by atoms with E-state index in [2.05, 4.69) is 71.3 Å². The molecular formula is C29H36N6O2. The van der Waals surface area contributed by atoms with Crippen LogP contribution in [0.2, 0.25) is 0 Å². The fourth-order valence-corrected chi connectivity index (χ4v) is 5.35. The predicted molar refractivity (Wildman–Crippen MR) is 144 cm³/mol. The van der Waals surface area contributed by atoms with Gasteiger partial charge in [-0.25, -0.2) is 4.68 Å². The number of benzene rings is 2. The number of nitrogens with zero attached hydrogens (tertiary/aromatic N) is 5. The molecule has 8 nitrogen and oxygen atoms in total. The molecule has 3 heterocycles. The third-order valence-corrected chi connectivity index (χ3v) is 7.39. The molecule has 0 bridgehead atoms. The van der Waals surface area contributed by atoms with E-state index in [-0.39, 0.29) is 23.6 Å². The van der Waals surface area contributed by atoms with Crippen molar-refractivity contribution < 1.29 is 4.74 Å². The van der Waals surface area contributed by atoms with Gasteiger partial charge in [0.15, 0.2) is 5.82 Å². The van der Waals surface area contributed by atoms with Gasteiger partial charge in [-0.15, -0.1) is 5.10 Å².